The van der Waals surface area contributed by atoms with Gasteiger partial charge in [-0.15, -0.1) is 11.3 Å². The quantitative estimate of drug-likeness (QED) is 0.900. The number of aryl methyl sites for hydroxylation is 1. The lowest BCUT2D eigenvalue weighted by molar-refractivity contribution is 0.0691. The number of hydrogen-bond donors (Lipinski definition) is 1. The van der Waals surface area contributed by atoms with E-state index in [0.29, 0.717) is 0 Å². The lowest BCUT2D eigenvalue weighted by Crippen LogP contribution is -2.13. The van der Waals surface area contributed by atoms with Crippen molar-refractivity contribution in [3.05, 3.63) is 50.9 Å². The summed E-state index contributed by atoms with van der Waals surface area (Å²) in [5, 5.41) is 10.5. The third-order valence-electron chi connectivity index (χ3n) is 2.77. The average molecular weight is 349 g/mol. The van der Waals surface area contributed by atoms with Gasteiger partial charge < -0.3 is 5.11 Å². The molecule has 0 aliphatic rings. The highest BCUT2D eigenvalue weighted by molar-refractivity contribution is 7.91. The zero-order valence-corrected chi connectivity index (χ0v) is 12.9. The normalized spacial score (nSPS) is 11.5. The van der Waals surface area contributed by atoms with Crippen molar-refractivity contribution >= 4 is 38.7 Å². The summed E-state index contributed by atoms with van der Waals surface area (Å²) in [5.74, 6) is -3.16. The van der Waals surface area contributed by atoms with Gasteiger partial charge in [0.25, 0.3) is 0 Å². The average Bonchev–Trinajstić information content (AvgIpc) is 2.91. The number of carbonyl (C=O) groups is 1. The third-order valence-corrected chi connectivity index (χ3v) is 5.63. The largest absolute Gasteiger partial charge is 0.478 e. The topological polar surface area (TPSA) is 71.4 Å². The summed E-state index contributed by atoms with van der Waals surface area (Å²) in [5.41, 5.74) is -0.753. The molecular weight excluding hydrogens is 339 g/mol. The Bertz CT molecular complexity index is 770. The maximum absolute atomic E-state index is 14.0. The Labute approximate surface area is 129 Å². The number of thiophene rings is 1. The molecule has 2 aromatic rings. The number of aromatic carboxylic acids is 1. The van der Waals surface area contributed by atoms with Gasteiger partial charge >= 0.3 is 5.97 Å². The van der Waals surface area contributed by atoms with E-state index in [1.807, 2.05) is 5.38 Å². The second kappa shape index (κ2) is 6.13. The van der Waals surface area contributed by atoms with Gasteiger partial charge in [-0.25, -0.2) is 17.6 Å². The molecule has 0 unspecified atom stereocenters. The molecule has 0 aliphatic heterocycles. The minimum absolute atomic E-state index is 0.136. The molecule has 112 valence electrons. The fraction of sp³-hybridized carbons (Fsp3) is 0.154. The maximum Gasteiger partial charge on any atom is 0.338 e. The summed E-state index contributed by atoms with van der Waals surface area (Å²) in [7, 11) is -3.96. The van der Waals surface area contributed by atoms with Crippen LogP contribution < -0.4 is 0 Å². The molecule has 0 saturated heterocycles. The van der Waals surface area contributed by atoms with E-state index in [2.05, 4.69) is 0 Å². The smallest absolute Gasteiger partial charge is 0.338 e. The number of carboxylic acids is 1. The van der Waals surface area contributed by atoms with Crippen molar-refractivity contribution < 1.29 is 22.7 Å². The molecule has 0 radical (unpaired) electrons. The first-order chi connectivity index (χ1) is 9.81. The summed E-state index contributed by atoms with van der Waals surface area (Å²) in [6.45, 7) is 0. The summed E-state index contributed by atoms with van der Waals surface area (Å²) < 4.78 is 38.4. The molecule has 4 nitrogen and oxygen atoms in total. The van der Waals surface area contributed by atoms with E-state index in [1.54, 1.807) is 12.1 Å². The fourth-order valence-electron chi connectivity index (χ4n) is 1.75. The van der Waals surface area contributed by atoms with Gasteiger partial charge in [0, 0.05) is 9.90 Å². The van der Waals surface area contributed by atoms with Crippen molar-refractivity contribution in [1.82, 2.24) is 0 Å². The molecule has 0 bridgehead atoms. The highest BCUT2D eigenvalue weighted by Gasteiger charge is 2.25. The lowest BCUT2D eigenvalue weighted by atomic mass is 10.2. The van der Waals surface area contributed by atoms with Crippen LogP contribution in [0.3, 0.4) is 0 Å². The molecule has 0 fully saturated rings. The highest BCUT2D eigenvalue weighted by atomic mass is 35.5. The highest BCUT2D eigenvalue weighted by Crippen LogP contribution is 2.25. The van der Waals surface area contributed by atoms with Crippen molar-refractivity contribution in [3.63, 3.8) is 0 Å². The fourth-order valence-corrected chi connectivity index (χ4v) is 4.27. The molecule has 0 saturated carbocycles. The van der Waals surface area contributed by atoms with Gasteiger partial charge in [0.1, 0.15) is 4.90 Å². The molecule has 8 heteroatoms. The van der Waals surface area contributed by atoms with E-state index in [-0.39, 0.29) is 17.2 Å². The van der Waals surface area contributed by atoms with E-state index in [1.165, 1.54) is 11.3 Å². The number of rotatable bonds is 5. The summed E-state index contributed by atoms with van der Waals surface area (Å²) in [6.07, 6.45) is 0.231. The first kappa shape index (κ1) is 15.9. The lowest BCUT2D eigenvalue weighted by Gasteiger charge is -2.08. The first-order valence-corrected chi connectivity index (χ1v) is 8.70. The Hall–Kier alpha value is -1.44. The van der Waals surface area contributed by atoms with Gasteiger partial charge in [-0.3, -0.25) is 0 Å². The second-order valence-electron chi connectivity index (χ2n) is 4.22. The van der Waals surface area contributed by atoms with Gasteiger partial charge in [-0.05, 0) is 30.0 Å². The summed E-state index contributed by atoms with van der Waals surface area (Å²) in [4.78, 5) is 11.1. The molecule has 1 aromatic heterocycles. The zero-order chi connectivity index (χ0) is 15.6. The van der Waals surface area contributed by atoms with Crippen LogP contribution in [0.5, 0.6) is 0 Å². The van der Waals surface area contributed by atoms with E-state index in [9.17, 15) is 17.6 Å². The number of hydrogen-bond acceptors (Lipinski definition) is 4. The third kappa shape index (κ3) is 3.61. The van der Waals surface area contributed by atoms with E-state index >= 15 is 0 Å². The zero-order valence-electron chi connectivity index (χ0n) is 10.5. The minimum Gasteiger partial charge on any atom is -0.478 e. The molecule has 1 aromatic carbocycles. The van der Waals surface area contributed by atoms with E-state index in [0.717, 1.165) is 17.0 Å². The molecule has 0 spiro atoms. The van der Waals surface area contributed by atoms with Gasteiger partial charge in [-0.1, -0.05) is 17.7 Å². The van der Waals surface area contributed by atoms with Crippen LogP contribution in [0.2, 0.25) is 5.02 Å². The van der Waals surface area contributed by atoms with Crippen LogP contribution in [0, 0.1) is 5.82 Å². The number of carboxylic acid groups (broad SMARTS) is 1. The number of sulfone groups is 1. The van der Waals surface area contributed by atoms with Crippen LogP contribution in [0.15, 0.2) is 34.5 Å². The molecule has 2 rings (SSSR count). The van der Waals surface area contributed by atoms with Crippen molar-refractivity contribution in [1.29, 1.82) is 0 Å². The predicted octanol–water partition coefficient (Wildman–Crippen LogP) is 3.26. The van der Waals surface area contributed by atoms with Crippen LogP contribution in [0.1, 0.15) is 15.2 Å². The molecule has 0 aliphatic carbocycles. The molecule has 0 atom stereocenters. The Balaban J connectivity index is 2.37. The minimum atomic E-state index is -3.96. The maximum atomic E-state index is 14.0. The second-order valence-corrected chi connectivity index (χ2v) is 7.77. The SMILES string of the molecule is O=C(O)c1cc(Cl)cc(S(=O)(=O)CCc2cccs2)c1F. The van der Waals surface area contributed by atoms with Crippen LogP contribution in [-0.4, -0.2) is 25.2 Å². The van der Waals surface area contributed by atoms with E-state index < -0.39 is 32.1 Å². The van der Waals surface area contributed by atoms with Gasteiger partial charge in [-0.2, -0.15) is 0 Å². The number of benzene rings is 1. The van der Waals surface area contributed by atoms with Gasteiger partial charge in [0.2, 0.25) is 0 Å². The molecular formula is C13H10ClFO4S2. The standard InChI is InChI=1S/C13H10ClFO4S2/c14-8-6-10(13(16)17)12(15)11(7-8)21(18,19)5-3-9-2-1-4-20-9/h1-2,4,6-7H,3,5H2,(H,16,17). The van der Waals surface area contributed by atoms with Crippen LogP contribution in [0.25, 0.3) is 0 Å². The molecule has 1 N–H and O–H groups in total. The Morgan fingerprint density at radius 3 is 2.67 bits per heavy atom. The summed E-state index contributed by atoms with van der Waals surface area (Å²) >= 11 is 7.08. The van der Waals surface area contributed by atoms with Crippen LogP contribution >= 0.6 is 22.9 Å². The summed E-state index contributed by atoms with van der Waals surface area (Å²) in [6, 6.07) is 5.39. The predicted molar refractivity (Wildman–Crippen MR) is 78.4 cm³/mol. The van der Waals surface area contributed by atoms with E-state index in [4.69, 9.17) is 16.7 Å². The molecule has 1 heterocycles. The Kier molecular flexibility index (Phi) is 4.65. The monoisotopic (exact) mass is 348 g/mol. The van der Waals surface area contributed by atoms with Crippen molar-refractivity contribution in [2.24, 2.45) is 0 Å². The Morgan fingerprint density at radius 1 is 1.38 bits per heavy atom. The molecule has 21 heavy (non-hydrogen) atoms. The Morgan fingerprint density at radius 2 is 2.10 bits per heavy atom. The molecule has 0 amide bonds. The van der Waals surface area contributed by atoms with Crippen molar-refractivity contribution in [2.75, 3.05) is 5.75 Å². The number of halogens is 2. The first-order valence-electron chi connectivity index (χ1n) is 5.79. The van der Waals surface area contributed by atoms with Gasteiger partial charge in [0.05, 0.1) is 11.3 Å². The van der Waals surface area contributed by atoms with Crippen LogP contribution in [0.4, 0.5) is 4.39 Å². The van der Waals surface area contributed by atoms with Gasteiger partial charge in [0.15, 0.2) is 15.7 Å². The van der Waals surface area contributed by atoms with Crippen LogP contribution in [-0.2, 0) is 16.3 Å². The van der Waals surface area contributed by atoms with Crippen molar-refractivity contribution in [2.45, 2.75) is 11.3 Å². The van der Waals surface area contributed by atoms with Crippen molar-refractivity contribution in [3.8, 4) is 0 Å².